The van der Waals surface area contributed by atoms with Crippen LogP contribution in [0.15, 0.2) is 30.3 Å². The molecule has 0 atom stereocenters. The van der Waals surface area contributed by atoms with E-state index < -0.39 is 0 Å². The van der Waals surface area contributed by atoms with Crippen LogP contribution in [0.25, 0.3) is 0 Å². The summed E-state index contributed by atoms with van der Waals surface area (Å²) in [5.41, 5.74) is 1.20. The molecule has 3 heterocycles. The van der Waals surface area contributed by atoms with Crippen LogP contribution in [0.5, 0.6) is 0 Å². The number of piperidine rings is 1. The van der Waals surface area contributed by atoms with Crippen molar-refractivity contribution in [1.29, 1.82) is 0 Å². The Balaban J connectivity index is 1.46. The Morgan fingerprint density at radius 1 is 0.769 bits per heavy atom. The van der Waals surface area contributed by atoms with Gasteiger partial charge in [0.25, 0.3) is 0 Å². The van der Waals surface area contributed by atoms with Crippen molar-refractivity contribution in [3.05, 3.63) is 41.2 Å². The predicted molar refractivity (Wildman–Crippen MR) is 109 cm³/mol. The number of aryl methyl sites for hydroxylation is 1. The van der Waals surface area contributed by atoms with Crippen LogP contribution in [0.4, 0.5) is 17.3 Å². The van der Waals surface area contributed by atoms with Gasteiger partial charge in [0.05, 0.1) is 0 Å². The lowest BCUT2D eigenvalue weighted by Gasteiger charge is -2.37. The fourth-order valence-electron chi connectivity index (χ4n) is 3.85. The second-order valence-electron chi connectivity index (χ2n) is 7.13. The molecule has 0 N–H and O–H groups in total. The second-order valence-corrected chi connectivity index (χ2v) is 7.57. The Morgan fingerprint density at radius 2 is 1.38 bits per heavy atom. The Hall–Kier alpha value is -2.01. The first-order chi connectivity index (χ1) is 12.7. The molecule has 26 heavy (non-hydrogen) atoms. The fourth-order valence-corrected chi connectivity index (χ4v) is 4.03. The molecule has 0 unspecified atom stereocenters. The van der Waals surface area contributed by atoms with Gasteiger partial charge in [0.2, 0.25) is 0 Å². The fraction of sp³-hybridized carbons (Fsp3) is 0.500. The van der Waals surface area contributed by atoms with Gasteiger partial charge in [0, 0.05) is 56.0 Å². The molecule has 2 fully saturated rings. The minimum Gasteiger partial charge on any atom is -0.368 e. The number of rotatable bonds is 3. The maximum absolute atomic E-state index is 6.14. The van der Waals surface area contributed by atoms with Crippen LogP contribution >= 0.6 is 11.6 Å². The van der Waals surface area contributed by atoms with E-state index in [1.165, 1.54) is 24.9 Å². The molecule has 4 rings (SSSR count). The van der Waals surface area contributed by atoms with Gasteiger partial charge in [0.15, 0.2) is 0 Å². The lowest BCUT2D eigenvalue weighted by molar-refractivity contribution is 0.572. The maximum atomic E-state index is 6.14. The van der Waals surface area contributed by atoms with Crippen LogP contribution in [0, 0.1) is 6.92 Å². The zero-order valence-electron chi connectivity index (χ0n) is 15.4. The summed E-state index contributed by atoms with van der Waals surface area (Å²) in [6.07, 6.45) is 3.85. The summed E-state index contributed by atoms with van der Waals surface area (Å²) in [5.74, 6) is 3.01. The molecule has 2 saturated heterocycles. The standard InChI is InChI=1S/C20H26ClN5/c1-16-22-19(25-8-3-2-4-9-25)15-20(23-16)26-12-10-24(11-13-26)18-7-5-6-17(21)14-18/h5-7,14-15H,2-4,8-13H2,1H3. The molecule has 2 aliphatic heterocycles. The third-order valence-corrected chi connectivity index (χ3v) is 5.50. The molecule has 0 spiro atoms. The van der Waals surface area contributed by atoms with Crippen LogP contribution in [-0.4, -0.2) is 49.2 Å². The molecular formula is C20H26ClN5. The Morgan fingerprint density at radius 3 is 2.04 bits per heavy atom. The van der Waals surface area contributed by atoms with Crippen molar-refractivity contribution in [1.82, 2.24) is 9.97 Å². The Bertz CT molecular complexity index is 752. The van der Waals surface area contributed by atoms with Gasteiger partial charge in [-0.25, -0.2) is 9.97 Å². The van der Waals surface area contributed by atoms with E-state index in [1.54, 1.807) is 0 Å². The van der Waals surface area contributed by atoms with Crippen molar-refractivity contribution < 1.29 is 0 Å². The molecule has 0 amide bonds. The Kier molecular flexibility index (Phi) is 5.16. The van der Waals surface area contributed by atoms with Gasteiger partial charge in [-0.1, -0.05) is 17.7 Å². The number of hydrogen-bond acceptors (Lipinski definition) is 5. The van der Waals surface area contributed by atoms with E-state index in [0.29, 0.717) is 0 Å². The lowest BCUT2D eigenvalue weighted by Crippen LogP contribution is -2.47. The van der Waals surface area contributed by atoms with Crippen molar-refractivity contribution in [3.8, 4) is 0 Å². The van der Waals surface area contributed by atoms with Gasteiger partial charge < -0.3 is 14.7 Å². The minimum absolute atomic E-state index is 0.794. The number of piperazine rings is 1. The van der Waals surface area contributed by atoms with E-state index in [-0.39, 0.29) is 0 Å². The number of hydrogen-bond donors (Lipinski definition) is 0. The number of aromatic nitrogens is 2. The van der Waals surface area contributed by atoms with Crippen molar-refractivity contribution in [2.45, 2.75) is 26.2 Å². The highest BCUT2D eigenvalue weighted by molar-refractivity contribution is 6.30. The van der Waals surface area contributed by atoms with Gasteiger partial charge in [-0.3, -0.25) is 0 Å². The molecule has 1 aromatic carbocycles. The van der Waals surface area contributed by atoms with E-state index in [1.807, 2.05) is 25.1 Å². The van der Waals surface area contributed by atoms with Crippen LogP contribution in [0.1, 0.15) is 25.1 Å². The SMILES string of the molecule is Cc1nc(N2CCCCC2)cc(N2CCN(c3cccc(Cl)c3)CC2)n1. The zero-order valence-corrected chi connectivity index (χ0v) is 16.1. The first kappa shape index (κ1) is 17.4. The predicted octanol–water partition coefficient (Wildman–Crippen LogP) is 3.76. The summed E-state index contributed by atoms with van der Waals surface area (Å²) in [5, 5.41) is 0.794. The summed E-state index contributed by atoms with van der Waals surface area (Å²) in [6.45, 7) is 8.09. The average molecular weight is 372 g/mol. The number of benzene rings is 1. The molecule has 6 heteroatoms. The van der Waals surface area contributed by atoms with Gasteiger partial charge in [-0.05, 0) is 44.4 Å². The maximum Gasteiger partial charge on any atom is 0.134 e. The van der Waals surface area contributed by atoms with Crippen molar-refractivity contribution in [2.24, 2.45) is 0 Å². The summed E-state index contributed by atoms with van der Waals surface area (Å²) in [6, 6.07) is 10.3. The van der Waals surface area contributed by atoms with E-state index in [0.717, 1.165) is 61.8 Å². The molecule has 138 valence electrons. The van der Waals surface area contributed by atoms with Gasteiger partial charge in [0.1, 0.15) is 17.5 Å². The minimum atomic E-state index is 0.794. The Labute approximate surface area is 160 Å². The van der Waals surface area contributed by atoms with Crippen LogP contribution in [-0.2, 0) is 0 Å². The van der Waals surface area contributed by atoms with Crippen LogP contribution in [0.3, 0.4) is 0 Å². The number of nitrogens with zero attached hydrogens (tertiary/aromatic N) is 5. The third kappa shape index (κ3) is 3.88. The molecule has 2 aromatic rings. The quantitative estimate of drug-likeness (QED) is 0.821. The van der Waals surface area contributed by atoms with Gasteiger partial charge >= 0.3 is 0 Å². The molecule has 0 bridgehead atoms. The highest BCUT2D eigenvalue weighted by Gasteiger charge is 2.21. The zero-order chi connectivity index (χ0) is 17.9. The van der Waals surface area contributed by atoms with E-state index in [9.17, 15) is 0 Å². The topological polar surface area (TPSA) is 35.5 Å². The summed E-state index contributed by atoms with van der Waals surface area (Å²) >= 11 is 6.14. The van der Waals surface area contributed by atoms with Crippen LogP contribution in [0.2, 0.25) is 5.02 Å². The smallest absolute Gasteiger partial charge is 0.134 e. The molecular weight excluding hydrogens is 346 g/mol. The lowest BCUT2D eigenvalue weighted by atomic mass is 10.1. The average Bonchev–Trinajstić information content (AvgIpc) is 2.68. The first-order valence-electron chi connectivity index (χ1n) is 9.55. The summed E-state index contributed by atoms with van der Waals surface area (Å²) in [7, 11) is 0. The van der Waals surface area contributed by atoms with Gasteiger partial charge in [-0.2, -0.15) is 0 Å². The molecule has 0 radical (unpaired) electrons. The molecule has 1 aromatic heterocycles. The molecule has 5 nitrogen and oxygen atoms in total. The van der Waals surface area contributed by atoms with Crippen molar-refractivity contribution in [3.63, 3.8) is 0 Å². The third-order valence-electron chi connectivity index (χ3n) is 5.27. The highest BCUT2D eigenvalue weighted by atomic mass is 35.5. The number of anilines is 3. The van der Waals surface area contributed by atoms with E-state index in [4.69, 9.17) is 16.6 Å². The summed E-state index contributed by atoms with van der Waals surface area (Å²) < 4.78 is 0. The van der Waals surface area contributed by atoms with E-state index >= 15 is 0 Å². The summed E-state index contributed by atoms with van der Waals surface area (Å²) in [4.78, 5) is 16.6. The largest absolute Gasteiger partial charge is 0.368 e. The van der Waals surface area contributed by atoms with E-state index in [2.05, 4.69) is 31.8 Å². The molecule has 0 aliphatic carbocycles. The van der Waals surface area contributed by atoms with Crippen molar-refractivity contribution >= 4 is 28.9 Å². The van der Waals surface area contributed by atoms with Crippen LogP contribution < -0.4 is 14.7 Å². The monoisotopic (exact) mass is 371 g/mol. The number of halogens is 1. The van der Waals surface area contributed by atoms with Crippen molar-refractivity contribution in [2.75, 3.05) is 54.0 Å². The highest BCUT2D eigenvalue weighted by Crippen LogP contribution is 2.25. The molecule has 0 saturated carbocycles. The first-order valence-corrected chi connectivity index (χ1v) is 9.93. The second kappa shape index (κ2) is 7.70. The van der Waals surface area contributed by atoms with Gasteiger partial charge in [-0.15, -0.1) is 0 Å². The normalized spacial score (nSPS) is 18.3. The molecule has 2 aliphatic rings.